The van der Waals surface area contributed by atoms with E-state index in [0.717, 1.165) is 17.4 Å². The summed E-state index contributed by atoms with van der Waals surface area (Å²) in [6.07, 6.45) is 6.41. The third-order valence-corrected chi connectivity index (χ3v) is 6.13. The van der Waals surface area contributed by atoms with Gasteiger partial charge in [0.15, 0.2) is 0 Å². The van der Waals surface area contributed by atoms with Gasteiger partial charge in [-0.1, -0.05) is 6.58 Å². The Bertz CT molecular complexity index is 405. The molecule has 4 heteroatoms. The maximum absolute atomic E-state index is 9.35. The second-order valence-corrected chi connectivity index (χ2v) is 7.64. The molecule has 118 valence electrons. The van der Waals surface area contributed by atoms with Gasteiger partial charge in [-0.25, -0.2) is 4.89 Å². The van der Waals surface area contributed by atoms with Crippen molar-refractivity contribution >= 4 is 0 Å². The zero-order valence-electron chi connectivity index (χ0n) is 12.8. The van der Waals surface area contributed by atoms with Gasteiger partial charge in [-0.2, -0.15) is 4.89 Å². The molecule has 4 saturated carbocycles. The van der Waals surface area contributed by atoms with E-state index in [-0.39, 0.29) is 18.8 Å². The van der Waals surface area contributed by atoms with Crippen molar-refractivity contribution < 1.29 is 19.6 Å². The largest absolute Gasteiger partial charge is 0.396 e. The van der Waals surface area contributed by atoms with Gasteiger partial charge >= 0.3 is 0 Å². The van der Waals surface area contributed by atoms with Crippen molar-refractivity contribution in [3.8, 4) is 0 Å². The van der Waals surface area contributed by atoms with E-state index in [2.05, 4.69) is 6.58 Å². The number of aliphatic hydroxyl groups excluding tert-OH is 1. The number of hydrogen-bond donors (Lipinski definition) is 1. The van der Waals surface area contributed by atoms with Gasteiger partial charge in [0.25, 0.3) is 0 Å². The van der Waals surface area contributed by atoms with Crippen LogP contribution in [0.5, 0.6) is 0 Å². The summed E-state index contributed by atoms with van der Waals surface area (Å²) in [5.74, 6) is 2.09. The highest BCUT2D eigenvalue weighted by atomic mass is 17.2. The summed E-state index contributed by atoms with van der Waals surface area (Å²) in [4.78, 5) is 11.7. The first-order chi connectivity index (χ1) is 10.1. The molecule has 21 heavy (non-hydrogen) atoms. The van der Waals surface area contributed by atoms with Crippen LogP contribution in [0.15, 0.2) is 12.2 Å². The topological polar surface area (TPSA) is 47.9 Å². The van der Waals surface area contributed by atoms with Crippen molar-refractivity contribution in [2.75, 3.05) is 6.61 Å². The van der Waals surface area contributed by atoms with E-state index >= 15 is 0 Å². The minimum absolute atomic E-state index is 0.106. The third kappa shape index (κ3) is 2.11. The van der Waals surface area contributed by atoms with Crippen LogP contribution >= 0.6 is 0 Å². The molecule has 1 aliphatic heterocycles. The molecule has 0 radical (unpaired) electrons. The van der Waals surface area contributed by atoms with Gasteiger partial charge in [-0.3, -0.25) is 0 Å². The molecule has 5 fully saturated rings. The Balaban J connectivity index is 1.59. The van der Waals surface area contributed by atoms with Gasteiger partial charge in [0.05, 0.1) is 6.10 Å². The second kappa shape index (κ2) is 5.05. The van der Waals surface area contributed by atoms with E-state index in [1.807, 2.05) is 6.92 Å². The summed E-state index contributed by atoms with van der Waals surface area (Å²) in [6, 6.07) is 0. The summed E-state index contributed by atoms with van der Waals surface area (Å²) in [6.45, 7) is 6.00. The van der Waals surface area contributed by atoms with Crippen molar-refractivity contribution in [2.24, 2.45) is 23.7 Å². The molecular weight excluding hydrogens is 268 g/mol. The molecule has 5 rings (SSSR count). The summed E-state index contributed by atoms with van der Waals surface area (Å²) in [5, 5.41) is 9.35. The Labute approximate surface area is 126 Å². The molecule has 1 heterocycles. The Morgan fingerprint density at radius 3 is 2.29 bits per heavy atom. The first-order valence-corrected chi connectivity index (χ1v) is 8.41. The van der Waals surface area contributed by atoms with Crippen molar-refractivity contribution in [3.63, 3.8) is 0 Å². The lowest BCUT2D eigenvalue weighted by molar-refractivity contribution is -0.534. The predicted octanol–water partition coefficient (Wildman–Crippen LogP) is 2.81. The highest BCUT2D eigenvalue weighted by Gasteiger charge is 2.63. The number of ether oxygens (including phenoxy) is 1. The minimum Gasteiger partial charge on any atom is -0.396 e. The van der Waals surface area contributed by atoms with Crippen molar-refractivity contribution in [2.45, 2.75) is 63.4 Å². The van der Waals surface area contributed by atoms with Crippen LogP contribution < -0.4 is 0 Å². The van der Waals surface area contributed by atoms with Gasteiger partial charge in [-0.15, -0.1) is 0 Å². The van der Waals surface area contributed by atoms with Crippen LogP contribution in [0.25, 0.3) is 0 Å². The minimum atomic E-state index is -0.556. The van der Waals surface area contributed by atoms with Gasteiger partial charge in [-0.05, 0) is 62.9 Å². The Hall–Kier alpha value is -0.420. The first kappa shape index (κ1) is 14.2. The molecule has 1 N–H and O–H groups in total. The molecule has 5 aliphatic rings. The van der Waals surface area contributed by atoms with Crippen molar-refractivity contribution in [3.05, 3.63) is 12.2 Å². The van der Waals surface area contributed by atoms with E-state index in [1.165, 1.54) is 32.1 Å². The molecule has 0 amide bonds. The van der Waals surface area contributed by atoms with Crippen LogP contribution in [0.3, 0.4) is 0 Å². The monoisotopic (exact) mass is 294 g/mol. The predicted molar refractivity (Wildman–Crippen MR) is 77.1 cm³/mol. The molecular formula is C17H26O4. The van der Waals surface area contributed by atoms with Crippen LogP contribution in [0.4, 0.5) is 0 Å². The molecule has 4 nitrogen and oxygen atoms in total. The highest BCUT2D eigenvalue weighted by Crippen LogP contribution is 2.61. The van der Waals surface area contributed by atoms with E-state index in [0.29, 0.717) is 18.3 Å². The fourth-order valence-electron chi connectivity index (χ4n) is 5.41. The van der Waals surface area contributed by atoms with E-state index in [9.17, 15) is 5.11 Å². The molecule has 1 spiro atoms. The average Bonchev–Trinajstić information content (AvgIpc) is 2.44. The SMILES string of the molecule is C=C(C)[C@H]1OOC2(O[C@@H]1CCO)C1CC3CC(C1)CC2C3. The zero-order chi connectivity index (χ0) is 14.6. The van der Waals surface area contributed by atoms with Crippen LogP contribution in [0.1, 0.15) is 45.4 Å². The Morgan fingerprint density at radius 2 is 1.76 bits per heavy atom. The molecule has 1 saturated heterocycles. The van der Waals surface area contributed by atoms with Gasteiger partial charge < -0.3 is 9.84 Å². The number of hydrogen-bond acceptors (Lipinski definition) is 4. The van der Waals surface area contributed by atoms with Crippen molar-refractivity contribution in [1.29, 1.82) is 0 Å². The van der Waals surface area contributed by atoms with Gasteiger partial charge in [0.1, 0.15) is 6.10 Å². The average molecular weight is 294 g/mol. The number of aliphatic hydroxyl groups is 1. The third-order valence-electron chi connectivity index (χ3n) is 6.13. The summed E-state index contributed by atoms with van der Waals surface area (Å²) in [7, 11) is 0. The second-order valence-electron chi connectivity index (χ2n) is 7.64. The molecule has 0 aromatic rings. The highest BCUT2D eigenvalue weighted by molar-refractivity contribution is 5.08. The van der Waals surface area contributed by atoms with Gasteiger partial charge in [0.2, 0.25) is 5.79 Å². The standard InChI is InChI=1S/C17H26O4/c1-10(2)16-15(3-4-18)19-17(21-20-16)13-6-11-5-12(8-13)9-14(17)7-11/h11-16,18H,1,3-9H2,2H3/t11?,12?,13?,14?,15-,16-,17?/m1/s1. The summed E-state index contributed by atoms with van der Waals surface area (Å²) in [5.41, 5.74) is 0.895. The fourth-order valence-corrected chi connectivity index (χ4v) is 5.41. The lowest BCUT2D eigenvalue weighted by Crippen LogP contribution is -2.65. The van der Waals surface area contributed by atoms with Crippen LogP contribution in [0.2, 0.25) is 0 Å². The number of rotatable bonds is 3. The van der Waals surface area contributed by atoms with Crippen LogP contribution in [-0.2, 0) is 14.5 Å². The van der Waals surface area contributed by atoms with E-state index < -0.39 is 5.79 Å². The zero-order valence-corrected chi connectivity index (χ0v) is 12.8. The molecule has 4 bridgehead atoms. The summed E-state index contributed by atoms with van der Waals surface area (Å²) < 4.78 is 6.50. The maximum atomic E-state index is 9.35. The maximum Gasteiger partial charge on any atom is 0.207 e. The Kier molecular flexibility index (Phi) is 3.41. The Morgan fingerprint density at radius 1 is 1.14 bits per heavy atom. The molecule has 2 atom stereocenters. The molecule has 0 aromatic carbocycles. The normalized spacial score (nSPS) is 51.5. The fraction of sp³-hybridized carbons (Fsp3) is 0.882. The molecule has 0 unspecified atom stereocenters. The molecule has 4 aliphatic carbocycles. The van der Waals surface area contributed by atoms with Crippen LogP contribution in [0, 0.1) is 23.7 Å². The van der Waals surface area contributed by atoms with E-state index in [4.69, 9.17) is 14.5 Å². The first-order valence-electron chi connectivity index (χ1n) is 8.41. The smallest absolute Gasteiger partial charge is 0.207 e. The lowest BCUT2D eigenvalue weighted by Gasteiger charge is -2.61. The van der Waals surface area contributed by atoms with Gasteiger partial charge in [0, 0.05) is 18.4 Å². The molecule has 0 aromatic heterocycles. The lowest BCUT2D eigenvalue weighted by atomic mass is 9.53. The van der Waals surface area contributed by atoms with Crippen molar-refractivity contribution in [1.82, 2.24) is 0 Å². The van der Waals surface area contributed by atoms with Crippen LogP contribution in [-0.4, -0.2) is 29.7 Å². The quantitative estimate of drug-likeness (QED) is 0.642. The summed E-state index contributed by atoms with van der Waals surface area (Å²) >= 11 is 0. The van der Waals surface area contributed by atoms with E-state index in [1.54, 1.807) is 0 Å².